The van der Waals surface area contributed by atoms with Crippen LogP contribution in [0, 0.1) is 0 Å². The average molecular weight is 299 g/mol. The first-order valence-corrected chi connectivity index (χ1v) is 5.82. The van der Waals surface area contributed by atoms with E-state index in [0.717, 1.165) is 0 Å². The van der Waals surface area contributed by atoms with Crippen molar-refractivity contribution in [2.24, 2.45) is 0 Å². The molecule has 1 amide bonds. The third-order valence-corrected chi connectivity index (χ3v) is 2.47. The van der Waals surface area contributed by atoms with Gasteiger partial charge in [0.1, 0.15) is 5.60 Å². The molecule has 0 aliphatic carbocycles. The molecule has 0 aromatic rings. The Morgan fingerprint density at radius 1 is 1.30 bits per heavy atom. The first-order chi connectivity index (χ1) is 8.92. The summed E-state index contributed by atoms with van der Waals surface area (Å²) < 4.78 is 47.2. The molecule has 6 nitrogen and oxygen atoms in total. The molecule has 1 aliphatic rings. The summed E-state index contributed by atoms with van der Waals surface area (Å²) in [6.45, 7) is 2.95. The Labute approximate surface area is 113 Å². The van der Waals surface area contributed by atoms with Gasteiger partial charge in [0.15, 0.2) is 12.1 Å². The van der Waals surface area contributed by atoms with E-state index < -0.39 is 49.1 Å². The highest BCUT2D eigenvalue weighted by Crippen LogP contribution is 2.28. The van der Waals surface area contributed by atoms with E-state index in [0.29, 0.717) is 4.90 Å². The van der Waals surface area contributed by atoms with Gasteiger partial charge in [-0.1, -0.05) is 0 Å². The molecule has 0 aromatic heterocycles. The van der Waals surface area contributed by atoms with E-state index in [9.17, 15) is 22.8 Å². The summed E-state index contributed by atoms with van der Waals surface area (Å²) in [6, 6.07) is -1.50. The summed E-state index contributed by atoms with van der Waals surface area (Å²) in [7, 11) is 0. The Bertz CT molecular complexity index is 391. The highest BCUT2D eigenvalue weighted by Gasteiger charge is 2.49. The number of aliphatic carboxylic acids is 1. The lowest BCUT2D eigenvalue weighted by atomic mass is 10.1. The summed E-state index contributed by atoms with van der Waals surface area (Å²) >= 11 is 0. The van der Waals surface area contributed by atoms with Crippen LogP contribution in [-0.4, -0.2) is 59.1 Å². The zero-order valence-electron chi connectivity index (χ0n) is 11.2. The average Bonchev–Trinajstić information content (AvgIpc) is 2.24. The molecule has 9 heteroatoms. The minimum atomic E-state index is -4.68. The van der Waals surface area contributed by atoms with Crippen molar-refractivity contribution >= 4 is 12.1 Å². The number of alkyl halides is 3. The lowest BCUT2D eigenvalue weighted by molar-refractivity contribution is -0.242. The molecular weight excluding hydrogens is 283 g/mol. The number of hydrogen-bond acceptors (Lipinski definition) is 4. The van der Waals surface area contributed by atoms with Crippen LogP contribution in [0.3, 0.4) is 0 Å². The zero-order chi connectivity index (χ0) is 15.7. The number of morpholine rings is 1. The third-order valence-electron chi connectivity index (χ3n) is 2.47. The van der Waals surface area contributed by atoms with Crippen molar-refractivity contribution in [3.8, 4) is 0 Å². The van der Waals surface area contributed by atoms with Crippen molar-refractivity contribution in [1.29, 1.82) is 0 Å². The van der Waals surface area contributed by atoms with Gasteiger partial charge in [0.05, 0.1) is 13.2 Å². The number of nitrogens with zero attached hydrogens (tertiary/aromatic N) is 1. The molecule has 1 heterocycles. The van der Waals surface area contributed by atoms with Gasteiger partial charge in [-0.3, -0.25) is 4.90 Å². The number of hydrogen-bond donors (Lipinski definition) is 1. The van der Waals surface area contributed by atoms with E-state index in [1.54, 1.807) is 0 Å². The van der Waals surface area contributed by atoms with Crippen LogP contribution in [0.2, 0.25) is 0 Å². The van der Waals surface area contributed by atoms with Crippen LogP contribution in [0.4, 0.5) is 18.0 Å². The van der Waals surface area contributed by atoms with Gasteiger partial charge < -0.3 is 14.6 Å². The molecule has 2 atom stereocenters. The second-order valence-electron chi connectivity index (χ2n) is 5.35. The number of carboxylic acids is 1. The van der Waals surface area contributed by atoms with E-state index >= 15 is 0 Å². The molecule has 1 aliphatic heterocycles. The maximum absolute atomic E-state index is 12.6. The monoisotopic (exact) mass is 299 g/mol. The second kappa shape index (κ2) is 5.47. The smallest absolute Gasteiger partial charge is 0.416 e. The lowest BCUT2D eigenvalue weighted by Gasteiger charge is -2.38. The highest BCUT2D eigenvalue weighted by atomic mass is 19.4. The summed E-state index contributed by atoms with van der Waals surface area (Å²) in [5.74, 6) is -1.45. The van der Waals surface area contributed by atoms with Gasteiger partial charge in [-0.15, -0.1) is 0 Å². The molecule has 0 aromatic carbocycles. The maximum Gasteiger partial charge on any atom is 0.416 e. The van der Waals surface area contributed by atoms with Gasteiger partial charge in [-0.25, -0.2) is 9.59 Å². The van der Waals surface area contributed by atoms with Crippen molar-refractivity contribution in [2.75, 3.05) is 13.2 Å². The van der Waals surface area contributed by atoms with Crippen molar-refractivity contribution < 1.29 is 37.3 Å². The molecule has 0 bridgehead atoms. The summed E-state index contributed by atoms with van der Waals surface area (Å²) in [5.41, 5.74) is -0.938. The molecule has 1 N–H and O–H groups in total. The van der Waals surface area contributed by atoms with Crippen molar-refractivity contribution in [3.05, 3.63) is 0 Å². The number of carbonyl (C=O) groups excluding carboxylic acids is 1. The number of rotatable bonds is 1. The number of carbonyl (C=O) groups is 2. The van der Waals surface area contributed by atoms with Crippen LogP contribution in [0.15, 0.2) is 0 Å². The highest BCUT2D eigenvalue weighted by molar-refractivity contribution is 5.80. The first-order valence-electron chi connectivity index (χ1n) is 5.82. The first kappa shape index (κ1) is 16.5. The van der Waals surface area contributed by atoms with Crippen LogP contribution in [0.5, 0.6) is 0 Å². The number of halogens is 3. The predicted octanol–water partition coefficient (Wildman–Crippen LogP) is 1.64. The van der Waals surface area contributed by atoms with Gasteiger partial charge in [-0.2, -0.15) is 13.2 Å². The minimum Gasteiger partial charge on any atom is -0.480 e. The number of ether oxygens (including phenoxy) is 2. The van der Waals surface area contributed by atoms with Crippen LogP contribution in [0.25, 0.3) is 0 Å². The van der Waals surface area contributed by atoms with E-state index in [1.165, 1.54) is 20.8 Å². The lowest BCUT2D eigenvalue weighted by Crippen LogP contribution is -2.59. The summed E-state index contributed by atoms with van der Waals surface area (Å²) in [4.78, 5) is 23.3. The van der Waals surface area contributed by atoms with Gasteiger partial charge >= 0.3 is 18.2 Å². The Morgan fingerprint density at radius 2 is 1.85 bits per heavy atom. The maximum atomic E-state index is 12.6. The minimum absolute atomic E-state index is 0.537. The molecule has 0 saturated carbocycles. The fraction of sp³-hybridized carbons (Fsp3) is 0.818. The Balaban J connectivity index is 2.89. The summed E-state index contributed by atoms with van der Waals surface area (Å²) in [6.07, 6.45) is -8.00. The van der Waals surface area contributed by atoms with Gasteiger partial charge in [0.2, 0.25) is 0 Å². The van der Waals surface area contributed by atoms with Crippen LogP contribution < -0.4 is 0 Å². The molecule has 1 rings (SSSR count). The zero-order valence-corrected chi connectivity index (χ0v) is 11.2. The second-order valence-corrected chi connectivity index (χ2v) is 5.35. The summed E-state index contributed by atoms with van der Waals surface area (Å²) in [5, 5.41) is 8.93. The Kier molecular flexibility index (Phi) is 4.52. The topological polar surface area (TPSA) is 76.1 Å². The molecule has 2 unspecified atom stereocenters. The van der Waals surface area contributed by atoms with E-state index in [1.807, 2.05) is 0 Å². The van der Waals surface area contributed by atoms with Crippen LogP contribution in [-0.2, 0) is 14.3 Å². The Hall–Kier alpha value is -1.51. The number of carboxylic acid groups (broad SMARTS) is 1. The van der Waals surface area contributed by atoms with Crippen molar-refractivity contribution in [3.63, 3.8) is 0 Å². The van der Waals surface area contributed by atoms with Crippen LogP contribution >= 0.6 is 0 Å². The van der Waals surface area contributed by atoms with Crippen molar-refractivity contribution in [2.45, 2.75) is 44.7 Å². The van der Waals surface area contributed by atoms with Gasteiger partial charge in [-0.05, 0) is 20.8 Å². The molecular formula is C11H16F3NO5. The Morgan fingerprint density at radius 3 is 2.25 bits per heavy atom. The van der Waals surface area contributed by atoms with Crippen molar-refractivity contribution in [1.82, 2.24) is 4.90 Å². The van der Waals surface area contributed by atoms with E-state index in [-0.39, 0.29) is 0 Å². The van der Waals surface area contributed by atoms with E-state index in [4.69, 9.17) is 9.84 Å². The van der Waals surface area contributed by atoms with E-state index in [2.05, 4.69) is 4.74 Å². The molecule has 20 heavy (non-hydrogen) atoms. The fourth-order valence-corrected chi connectivity index (χ4v) is 1.58. The SMILES string of the molecule is CC(C)(C)OC(=O)N1CC(C(F)(F)F)OCC1C(=O)O. The van der Waals surface area contributed by atoms with Gasteiger partial charge in [0, 0.05) is 0 Å². The predicted molar refractivity (Wildman–Crippen MR) is 60.2 cm³/mol. The van der Waals surface area contributed by atoms with Gasteiger partial charge in [0.25, 0.3) is 0 Å². The molecule has 0 radical (unpaired) electrons. The fourth-order valence-electron chi connectivity index (χ4n) is 1.58. The number of amides is 1. The normalized spacial score (nSPS) is 24.4. The molecule has 1 fully saturated rings. The largest absolute Gasteiger partial charge is 0.480 e. The standard InChI is InChI=1S/C11H16F3NO5/c1-10(2,3)20-9(18)15-4-7(11(12,13)14)19-5-6(15)8(16)17/h6-7H,4-5H2,1-3H3,(H,16,17). The molecule has 116 valence electrons. The van der Waals surface area contributed by atoms with Crippen LogP contribution in [0.1, 0.15) is 20.8 Å². The molecule has 0 spiro atoms. The quantitative estimate of drug-likeness (QED) is 0.796. The third kappa shape index (κ3) is 4.26. The molecule has 1 saturated heterocycles.